The maximum absolute atomic E-state index is 12.8. The van der Waals surface area contributed by atoms with Crippen LogP contribution in [0.1, 0.15) is 342 Å². The molecule has 0 aromatic heterocycles. The van der Waals surface area contributed by atoms with Crippen LogP contribution >= 0.6 is 0 Å². The van der Waals surface area contributed by atoms with Crippen molar-refractivity contribution in [3.63, 3.8) is 0 Å². The van der Waals surface area contributed by atoms with Gasteiger partial charge in [-0.15, -0.1) is 0 Å². The molecule has 0 amide bonds. The van der Waals surface area contributed by atoms with Crippen LogP contribution in [0, 0.1) is 0 Å². The fraction of sp³-hybridized carbons (Fsp3) is 0.812. The maximum atomic E-state index is 12.8. The minimum absolute atomic E-state index is 0.0988. The van der Waals surface area contributed by atoms with Crippen molar-refractivity contribution < 1.29 is 28.6 Å². The van der Waals surface area contributed by atoms with Gasteiger partial charge in [0.2, 0.25) is 0 Å². The number of allylic oxidation sites excluding steroid dienone is 10. The van der Waals surface area contributed by atoms with Gasteiger partial charge in [-0.2, -0.15) is 0 Å². The quantitative estimate of drug-likeness (QED) is 0.0261. The topological polar surface area (TPSA) is 78.9 Å². The van der Waals surface area contributed by atoms with E-state index in [4.69, 9.17) is 14.2 Å². The number of hydrogen-bond donors (Lipinski definition) is 0. The Labute approximate surface area is 466 Å². The number of hydrogen-bond acceptors (Lipinski definition) is 6. The average molecular weight is 1050 g/mol. The summed E-state index contributed by atoms with van der Waals surface area (Å²) in [7, 11) is 0. The van der Waals surface area contributed by atoms with Gasteiger partial charge in [-0.05, 0) is 70.6 Å². The Kier molecular flexibility index (Phi) is 61.2. The van der Waals surface area contributed by atoms with Gasteiger partial charge in [0, 0.05) is 19.3 Å². The fourth-order valence-corrected chi connectivity index (χ4v) is 9.63. The molecule has 0 fully saturated rings. The van der Waals surface area contributed by atoms with E-state index in [2.05, 4.69) is 75.5 Å². The van der Waals surface area contributed by atoms with Crippen LogP contribution in [0.25, 0.3) is 0 Å². The van der Waals surface area contributed by atoms with Gasteiger partial charge in [-0.25, -0.2) is 0 Å². The lowest BCUT2D eigenvalue weighted by molar-refractivity contribution is -0.166. The molecular weight excluding hydrogens is 925 g/mol. The molecule has 6 heteroatoms. The molecule has 75 heavy (non-hydrogen) atoms. The van der Waals surface area contributed by atoms with Crippen LogP contribution in [-0.4, -0.2) is 37.2 Å². The standard InChI is InChI=1S/C69H124O6/c1-4-7-10-13-16-19-21-23-24-25-26-27-28-29-30-31-32-33-34-35-36-37-38-39-40-41-42-43-44-46-47-50-53-56-59-62-68(71)74-65-66(64-73-67(70)61-58-55-52-49-18-15-12-9-6-3)75-69(72)63-60-57-54-51-48-45-22-20-17-14-11-8-5-2/h8,11,17,20,25-26,45,48,54,57,66H,4-7,9-10,12-16,18-19,21-24,27-44,46-47,49-53,55-56,58-65H2,1-3H3/b11-8-,20-17-,26-25-,48-45-,57-54-. The predicted octanol–water partition coefficient (Wildman–Crippen LogP) is 22.3. The smallest absolute Gasteiger partial charge is 0.306 e. The van der Waals surface area contributed by atoms with Crippen molar-refractivity contribution in [1.82, 2.24) is 0 Å². The second kappa shape index (κ2) is 63.6. The van der Waals surface area contributed by atoms with Crippen molar-refractivity contribution >= 4 is 17.9 Å². The average Bonchev–Trinajstić information content (AvgIpc) is 3.41. The van der Waals surface area contributed by atoms with Crippen LogP contribution in [0.5, 0.6) is 0 Å². The molecule has 1 atom stereocenters. The normalized spacial score (nSPS) is 12.4. The minimum Gasteiger partial charge on any atom is -0.462 e. The van der Waals surface area contributed by atoms with E-state index in [0.717, 1.165) is 64.2 Å². The zero-order valence-corrected chi connectivity index (χ0v) is 50.1. The van der Waals surface area contributed by atoms with E-state index < -0.39 is 6.10 Å². The summed E-state index contributed by atoms with van der Waals surface area (Å²) in [5.74, 6) is -0.971. The SMILES string of the molecule is CC/C=C\C/C=C\C/C=C\C/C=C\CCC(=O)OC(COC(=O)CCCCCCCCCCC)COC(=O)CCCCCCCCCCCCCCCCCCCCCCCCC/C=C\CCCCCCCCCC. The molecule has 0 radical (unpaired) electrons. The first kappa shape index (κ1) is 72.1. The Bertz CT molecular complexity index is 1340. The molecule has 0 aliphatic rings. The Morgan fingerprint density at radius 1 is 0.280 bits per heavy atom. The molecule has 436 valence electrons. The van der Waals surface area contributed by atoms with E-state index in [1.54, 1.807) is 0 Å². The van der Waals surface area contributed by atoms with E-state index in [1.165, 1.54) is 231 Å². The lowest BCUT2D eigenvalue weighted by Crippen LogP contribution is -2.30. The summed E-state index contributed by atoms with van der Waals surface area (Å²) in [6, 6.07) is 0. The van der Waals surface area contributed by atoms with Crippen molar-refractivity contribution in [3.05, 3.63) is 60.8 Å². The van der Waals surface area contributed by atoms with Crippen LogP contribution in [0.4, 0.5) is 0 Å². The van der Waals surface area contributed by atoms with E-state index in [-0.39, 0.29) is 37.5 Å². The molecule has 0 aromatic carbocycles. The first-order valence-corrected chi connectivity index (χ1v) is 32.8. The summed E-state index contributed by atoms with van der Waals surface area (Å²) in [5.41, 5.74) is 0. The molecule has 0 N–H and O–H groups in total. The van der Waals surface area contributed by atoms with Crippen molar-refractivity contribution in [2.75, 3.05) is 13.2 Å². The summed E-state index contributed by atoms with van der Waals surface area (Å²) in [6.07, 6.45) is 81.6. The Balaban J connectivity index is 3.97. The van der Waals surface area contributed by atoms with Crippen LogP contribution in [-0.2, 0) is 28.6 Å². The van der Waals surface area contributed by atoms with Gasteiger partial charge in [-0.3, -0.25) is 14.4 Å². The van der Waals surface area contributed by atoms with Gasteiger partial charge in [-0.1, -0.05) is 313 Å². The van der Waals surface area contributed by atoms with Crippen molar-refractivity contribution in [2.45, 2.75) is 348 Å². The lowest BCUT2D eigenvalue weighted by Gasteiger charge is -2.18. The number of carbonyl (C=O) groups is 3. The van der Waals surface area contributed by atoms with Crippen LogP contribution in [0.3, 0.4) is 0 Å². The summed E-state index contributed by atoms with van der Waals surface area (Å²) in [5, 5.41) is 0. The van der Waals surface area contributed by atoms with E-state index in [1.807, 2.05) is 6.08 Å². The summed E-state index contributed by atoms with van der Waals surface area (Å²) < 4.78 is 16.8. The highest BCUT2D eigenvalue weighted by atomic mass is 16.6. The minimum atomic E-state index is -0.808. The van der Waals surface area contributed by atoms with Gasteiger partial charge in [0.05, 0.1) is 0 Å². The van der Waals surface area contributed by atoms with Crippen molar-refractivity contribution in [2.24, 2.45) is 0 Å². The van der Waals surface area contributed by atoms with Crippen molar-refractivity contribution in [3.8, 4) is 0 Å². The second-order valence-corrected chi connectivity index (χ2v) is 22.0. The number of rotatable bonds is 60. The van der Waals surface area contributed by atoms with Crippen LogP contribution < -0.4 is 0 Å². The molecule has 0 heterocycles. The third kappa shape index (κ3) is 61.8. The highest BCUT2D eigenvalue weighted by Gasteiger charge is 2.19. The van der Waals surface area contributed by atoms with Crippen molar-refractivity contribution in [1.29, 1.82) is 0 Å². The zero-order valence-electron chi connectivity index (χ0n) is 50.1. The lowest BCUT2D eigenvalue weighted by atomic mass is 10.0. The molecule has 0 bridgehead atoms. The molecule has 6 nitrogen and oxygen atoms in total. The Hall–Kier alpha value is -2.89. The summed E-state index contributed by atoms with van der Waals surface area (Å²) >= 11 is 0. The first-order valence-electron chi connectivity index (χ1n) is 32.8. The molecule has 0 rings (SSSR count). The molecule has 0 spiro atoms. The molecule has 1 unspecified atom stereocenters. The highest BCUT2D eigenvalue weighted by Crippen LogP contribution is 2.18. The van der Waals surface area contributed by atoms with Crippen LogP contribution in [0.2, 0.25) is 0 Å². The van der Waals surface area contributed by atoms with E-state index in [9.17, 15) is 14.4 Å². The van der Waals surface area contributed by atoms with E-state index in [0.29, 0.717) is 19.3 Å². The third-order valence-electron chi connectivity index (χ3n) is 14.5. The van der Waals surface area contributed by atoms with Gasteiger partial charge in [0.1, 0.15) is 13.2 Å². The highest BCUT2D eigenvalue weighted by molar-refractivity contribution is 5.71. The van der Waals surface area contributed by atoms with Gasteiger partial charge < -0.3 is 14.2 Å². The first-order chi connectivity index (χ1) is 37.0. The van der Waals surface area contributed by atoms with E-state index >= 15 is 0 Å². The van der Waals surface area contributed by atoms with Crippen LogP contribution in [0.15, 0.2) is 60.8 Å². The number of esters is 3. The van der Waals surface area contributed by atoms with Gasteiger partial charge >= 0.3 is 17.9 Å². The Morgan fingerprint density at radius 3 is 0.867 bits per heavy atom. The molecule has 0 aliphatic carbocycles. The number of ether oxygens (including phenoxy) is 3. The predicted molar refractivity (Wildman–Crippen MR) is 325 cm³/mol. The monoisotopic (exact) mass is 1050 g/mol. The fourth-order valence-electron chi connectivity index (χ4n) is 9.63. The molecule has 0 saturated carbocycles. The summed E-state index contributed by atoms with van der Waals surface area (Å²) in [4.78, 5) is 38.0. The molecule has 0 aliphatic heterocycles. The molecular formula is C69H124O6. The summed E-state index contributed by atoms with van der Waals surface area (Å²) in [6.45, 7) is 6.47. The maximum Gasteiger partial charge on any atom is 0.306 e. The van der Waals surface area contributed by atoms with Gasteiger partial charge in [0.15, 0.2) is 6.10 Å². The largest absolute Gasteiger partial charge is 0.462 e. The Morgan fingerprint density at radius 2 is 0.547 bits per heavy atom. The molecule has 0 aromatic rings. The second-order valence-electron chi connectivity index (χ2n) is 22.0. The number of carbonyl (C=O) groups excluding carboxylic acids is 3. The van der Waals surface area contributed by atoms with Gasteiger partial charge in [0.25, 0.3) is 0 Å². The third-order valence-corrected chi connectivity index (χ3v) is 14.5. The number of unbranched alkanes of at least 4 members (excludes halogenated alkanes) is 39. The zero-order chi connectivity index (χ0) is 54.3. The molecule has 0 saturated heterocycles.